The fraction of sp³-hybridized carbons (Fsp3) is 0.136. The highest BCUT2D eigenvalue weighted by Gasteiger charge is 2.18. The number of para-hydroxylation sites is 1. The van der Waals surface area contributed by atoms with Crippen LogP contribution in [-0.4, -0.2) is 21.3 Å². The van der Waals surface area contributed by atoms with E-state index in [1.54, 1.807) is 12.3 Å². The van der Waals surface area contributed by atoms with Crippen molar-refractivity contribution in [3.05, 3.63) is 79.0 Å². The van der Waals surface area contributed by atoms with Gasteiger partial charge in [-0.3, -0.25) is 4.79 Å². The summed E-state index contributed by atoms with van der Waals surface area (Å²) in [4.78, 5) is 17.7. The molecule has 7 heteroatoms. The Labute approximate surface area is 180 Å². The molecule has 0 aliphatic rings. The summed E-state index contributed by atoms with van der Waals surface area (Å²) < 4.78 is 0. The smallest absolute Gasteiger partial charge is 0.239 e. The van der Waals surface area contributed by atoms with Gasteiger partial charge in [0.25, 0.3) is 0 Å². The summed E-state index contributed by atoms with van der Waals surface area (Å²) in [5, 5.41) is 9.50. The lowest BCUT2D eigenvalue weighted by molar-refractivity contribution is -0.115. The van der Waals surface area contributed by atoms with Crippen LogP contribution in [-0.2, 0) is 4.79 Å². The van der Waals surface area contributed by atoms with E-state index in [1.807, 2.05) is 73.7 Å². The number of pyridine rings is 1. The molecule has 2 aromatic carbocycles. The van der Waals surface area contributed by atoms with Crippen LogP contribution in [0.1, 0.15) is 13.3 Å². The van der Waals surface area contributed by atoms with Crippen molar-refractivity contribution in [1.29, 1.82) is 0 Å². The Bertz CT molecular complexity index is 951. The Balaban J connectivity index is 1.60. The molecule has 5 nitrogen and oxygen atoms in total. The Morgan fingerprint density at radius 1 is 0.966 bits per heavy atom. The number of nitrogens with zero attached hydrogens (tertiary/aromatic N) is 1. The van der Waals surface area contributed by atoms with Gasteiger partial charge in [0.1, 0.15) is 5.82 Å². The van der Waals surface area contributed by atoms with E-state index in [0.717, 1.165) is 16.3 Å². The second-order valence-corrected chi connectivity index (χ2v) is 7.88. The molecule has 148 valence electrons. The van der Waals surface area contributed by atoms with Crippen LogP contribution in [0.15, 0.2) is 83.9 Å². The van der Waals surface area contributed by atoms with Gasteiger partial charge >= 0.3 is 0 Å². The number of nitrogens with one attached hydrogen (secondary N) is 3. The monoisotopic (exact) mass is 422 g/mol. The van der Waals surface area contributed by atoms with Gasteiger partial charge in [-0.2, -0.15) is 0 Å². The molecule has 0 saturated carbocycles. The van der Waals surface area contributed by atoms with Crippen molar-refractivity contribution in [2.24, 2.45) is 0 Å². The first-order valence-electron chi connectivity index (χ1n) is 9.25. The summed E-state index contributed by atoms with van der Waals surface area (Å²) in [6, 6.07) is 23.1. The van der Waals surface area contributed by atoms with Gasteiger partial charge < -0.3 is 16.0 Å². The van der Waals surface area contributed by atoms with Crippen LogP contribution >= 0.6 is 24.0 Å². The maximum atomic E-state index is 12.6. The van der Waals surface area contributed by atoms with E-state index < -0.39 is 0 Å². The summed E-state index contributed by atoms with van der Waals surface area (Å²) in [5.41, 5.74) is 1.79. The number of hydrogen-bond acceptors (Lipinski definition) is 4. The van der Waals surface area contributed by atoms with E-state index in [4.69, 9.17) is 12.2 Å². The molecule has 3 aromatic rings. The maximum Gasteiger partial charge on any atom is 0.239 e. The largest absolute Gasteiger partial charge is 0.332 e. The summed E-state index contributed by atoms with van der Waals surface area (Å²) in [6.07, 6.45) is 2.36. The van der Waals surface area contributed by atoms with Gasteiger partial charge in [-0.05, 0) is 61.1 Å². The number of benzene rings is 2. The minimum atomic E-state index is -0.221. The fourth-order valence-electron chi connectivity index (χ4n) is 2.59. The molecule has 1 aromatic heterocycles. The zero-order valence-electron chi connectivity index (χ0n) is 16.0. The van der Waals surface area contributed by atoms with E-state index in [0.29, 0.717) is 17.4 Å². The summed E-state index contributed by atoms with van der Waals surface area (Å²) in [5.74, 6) is 0.500. The molecule has 0 radical (unpaired) electrons. The van der Waals surface area contributed by atoms with Gasteiger partial charge in [0.2, 0.25) is 5.91 Å². The Morgan fingerprint density at radius 2 is 1.69 bits per heavy atom. The number of aromatic nitrogens is 1. The highest BCUT2D eigenvalue weighted by atomic mass is 32.2. The first-order chi connectivity index (χ1) is 14.1. The minimum Gasteiger partial charge on any atom is -0.332 e. The third kappa shape index (κ3) is 6.58. The van der Waals surface area contributed by atoms with Crippen LogP contribution in [0.4, 0.5) is 17.2 Å². The number of rotatable bonds is 7. The van der Waals surface area contributed by atoms with Crippen molar-refractivity contribution in [3.8, 4) is 0 Å². The van der Waals surface area contributed by atoms with Crippen molar-refractivity contribution in [2.45, 2.75) is 23.5 Å². The lowest BCUT2D eigenvalue weighted by atomic mass is 10.3. The third-order valence-corrected chi connectivity index (χ3v) is 5.54. The molecule has 29 heavy (non-hydrogen) atoms. The second-order valence-electron chi connectivity index (χ2n) is 6.19. The summed E-state index contributed by atoms with van der Waals surface area (Å²) in [7, 11) is 0. The van der Waals surface area contributed by atoms with Crippen molar-refractivity contribution in [3.63, 3.8) is 0 Å². The van der Waals surface area contributed by atoms with Crippen LogP contribution in [0, 0.1) is 0 Å². The predicted octanol–water partition coefficient (Wildman–Crippen LogP) is 5.40. The van der Waals surface area contributed by atoms with E-state index >= 15 is 0 Å². The molecule has 0 bridgehead atoms. The first-order valence-corrected chi connectivity index (χ1v) is 10.5. The number of thiocarbonyl (C=S) groups is 1. The quantitative estimate of drug-likeness (QED) is 0.350. The molecule has 0 saturated heterocycles. The summed E-state index contributed by atoms with van der Waals surface area (Å²) in [6.45, 7) is 2.00. The fourth-order valence-corrected chi connectivity index (χ4v) is 3.84. The number of carbonyl (C=O) groups excluding carboxylic acids is 1. The first kappa shape index (κ1) is 20.8. The molecule has 0 fully saturated rings. The van der Waals surface area contributed by atoms with Crippen molar-refractivity contribution >= 4 is 52.2 Å². The van der Waals surface area contributed by atoms with Gasteiger partial charge in [0.05, 0.1) is 5.25 Å². The van der Waals surface area contributed by atoms with Gasteiger partial charge in [-0.15, -0.1) is 11.8 Å². The normalized spacial score (nSPS) is 11.3. The van der Waals surface area contributed by atoms with Crippen LogP contribution in [0.3, 0.4) is 0 Å². The van der Waals surface area contributed by atoms with Gasteiger partial charge in [0, 0.05) is 22.5 Å². The van der Waals surface area contributed by atoms with E-state index in [9.17, 15) is 4.79 Å². The Hall–Kier alpha value is -2.90. The van der Waals surface area contributed by atoms with Crippen LogP contribution < -0.4 is 16.0 Å². The predicted molar refractivity (Wildman–Crippen MR) is 126 cm³/mol. The number of amides is 1. The van der Waals surface area contributed by atoms with Crippen LogP contribution in [0.25, 0.3) is 0 Å². The topological polar surface area (TPSA) is 66.0 Å². The zero-order valence-corrected chi connectivity index (χ0v) is 17.6. The zero-order chi connectivity index (χ0) is 20.5. The average Bonchev–Trinajstić information content (AvgIpc) is 2.73. The Kier molecular flexibility index (Phi) is 7.61. The average molecular weight is 423 g/mol. The minimum absolute atomic E-state index is 0.0594. The number of hydrogen-bond donors (Lipinski definition) is 3. The molecule has 1 unspecified atom stereocenters. The SMILES string of the molecule is CCC(Sc1cccc(NC(=S)Nc2ccccc2)c1)C(=O)Nc1ccccn1. The van der Waals surface area contributed by atoms with Crippen molar-refractivity contribution < 1.29 is 4.79 Å². The van der Waals surface area contributed by atoms with Crippen LogP contribution in [0.2, 0.25) is 0 Å². The number of thioether (sulfide) groups is 1. The lowest BCUT2D eigenvalue weighted by Crippen LogP contribution is -2.25. The summed E-state index contributed by atoms with van der Waals surface area (Å²) >= 11 is 6.90. The number of carbonyl (C=O) groups is 1. The highest BCUT2D eigenvalue weighted by molar-refractivity contribution is 8.00. The van der Waals surface area contributed by atoms with Gasteiger partial charge in [0.15, 0.2) is 5.11 Å². The van der Waals surface area contributed by atoms with E-state index in [1.165, 1.54) is 11.8 Å². The maximum absolute atomic E-state index is 12.6. The molecule has 3 N–H and O–H groups in total. The third-order valence-electron chi connectivity index (χ3n) is 3.98. The lowest BCUT2D eigenvalue weighted by Gasteiger charge is -2.15. The molecular formula is C22H22N4OS2. The molecule has 3 rings (SSSR count). The molecule has 1 atom stereocenters. The molecule has 0 aliphatic heterocycles. The van der Waals surface area contributed by atoms with Gasteiger partial charge in [-0.1, -0.05) is 37.3 Å². The molecular weight excluding hydrogens is 400 g/mol. The van der Waals surface area contributed by atoms with E-state index in [-0.39, 0.29) is 11.2 Å². The van der Waals surface area contributed by atoms with Crippen molar-refractivity contribution in [1.82, 2.24) is 4.98 Å². The number of anilines is 3. The van der Waals surface area contributed by atoms with Crippen molar-refractivity contribution in [2.75, 3.05) is 16.0 Å². The van der Waals surface area contributed by atoms with E-state index in [2.05, 4.69) is 20.9 Å². The Morgan fingerprint density at radius 3 is 2.41 bits per heavy atom. The van der Waals surface area contributed by atoms with Crippen LogP contribution in [0.5, 0.6) is 0 Å². The molecule has 1 heterocycles. The van der Waals surface area contributed by atoms with Gasteiger partial charge in [-0.25, -0.2) is 4.98 Å². The second kappa shape index (κ2) is 10.6. The molecule has 1 amide bonds. The molecule has 0 spiro atoms. The standard InChI is InChI=1S/C22H22N4OS2/c1-2-19(21(27)26-20-13-6-7-14-23-20)29-18-12-8-11-17(15-18)25-22(28)24-16-9-4-3-5-10-16/h3-15,19H,2H2,1H3,(H,23,26,27)(H2,24,25,28). The molecule has 0 aliphatic carbocycles. The highest BCUT2D eigenvalue weighted by Crippen LogP contribution is 2.28.